The number of thiazole rings is 1. The summed E-state index contributed by atoms with van der Waals surface area (Å²) in [7, 11) is 0. The SMILES string of the molecule is CCCNCC(=O)N1CCN(Cc2csc(C)n2)CC1. The Morgan fingerprint density at radius 1 is 1.40 bits per heavy atom. The van der Waals surface area contributed by atoms with Gasteiger partial charge < -0.3 is 10.2 Å². The Bertz CT molecular complexity index is 427. The van der Waals surface area contributed by atoms with E-state index in [1.54, 1.807) is 11.3 Å². The van der Waals surface area contributed by atoms with Crippen molar-refractivity contribution in [3.05, 3.63) is 16.1 Å². The maximum atomic E-state index is 12.0. The van der Waals surface area contributed by atoms with E-state index in [0.29, 0.717) is 6.54 Å². The van der Waals surface area contributed by atoms with E-state index >= 15 is 0 Å². The van der Waals surface area contributed by atoms with E-state index in [9.17, 15) is 4.79 Å². The Hall–Kier alpha value is -0.980. The predicted molar refractivity (Wildman–Crippen MR) is 81.9 cm³/mol. The van der Waals surface area contributed by atoms with Gasteiger partial charge in [0.2, 0.25) is 5.91 Å². The molecule has 1 aliphatic heterocycles. The summed E-state index contributed by atoms with van der Waals surface area (Å²) < 4.78 is 0. The molecule has 0 bridgehead atoms. The molecular weight excluding hydrogens is 272 g/mol. The van der Waals surface area contributed by atoms with Crippen molar-refractivity contribution < 1.29 is 4.79 Å². The maximum absolute atomic E-state index is 12.0. The van der Waals surface area contributed by atoms with Crippen molar-refractivity contribution in [2.45, 2.75) is 26.8 Å². The zero-order valence-corrected chi connectivity index (χ0v) is 13.2. The van der Waals surface area contributed by atoms with Crippen LogP contribution in [0.5, 0.6) is 0 Å². The Morgan fingerprint density at radius 2 is 2.15 bits per heavy atom. The van der Waals surface area contributed by atoms with Gasteiger partial charge in [-0.15, -0.1) is 11.3 Å². The quantitative estimate of drug-likeness (QED) is 0.799. The Kier molecular flexibility index (Phi) is 5.94. The monoisotopic (exact) mass is 296 g/mol. The molecule has 0 aliphatic carbocycles. The minimum absolute atomic E-state index is 0.225. The van der Waals surface area contributed by atoms with Crippen LogP contribution in [-0.4, -0.2) is 60.0 Å². The van der Waals surface area contributed by atoms with Crippen LogP contribution in [-0.2, 0) is 11.3 Å². The third kappa shape index (κ3) is 4.54. The molecule has 1 aromatic heterocycles. The number of carbonyl (C=O) groups excluding carboxylic acids is 1. The standard InChI is InChI=1S/C14H24N4OS/c1-3-4-15-9-14(19)18-7-5-17(6-8-18)10-13-11-20-12(2)16-13/h11,15H,3-10H2,1-2H3. The van der Waals surface area contributed by atoms with E-state index in [0.717, 1.165) is 56.4 Å². The van der Waals surface area contributed by atoms with E-state index in [1.807, 2.05) is 11.8 Å². The molecule has 1 saturated heterocycles. The first-order chi connectivity index (χ1) is 9.69. The van der Waals surface area contributed by atoms with E-state index in [4.69, 9.17) is 0 Å². The van der Waals surface area contributed by atoms with Crippen molar-refractivity contribution in [2.24, 2.45) is 0 Å². The highest BCUT2D eigenvalue weighted by Crippen LogP contribution is 2.12. The minimum Gasteiger partial charge on any atom is -0.339 e. The Labute approximate surface area is 125 Å². The number of hydrogen-bond acceptors (Lipinski definition) is 5. The summed E-state index contributed by atoms with van der Waals surface area (Å²) in [6.45, 7) is 9.97. The molecular formula is C14H24N4OS. The fourth-order valence-electron chi connectivity index (χ4n) is 2.35. The van der Waals surface area contributed by atoms with Crippen LogP contribution < -0.4 is 5.32 Å². The van der Waals surface area contributed by atoms with Crippen LogP contribution >= 0.6 is 11.3 Å². The average Bonchev–Trinajstić information content (AvgIpc) is 2.85. The molecule has 0 saturated carbocycles. The molecule has 0 aromatic carbocycles. The number of rotatable bonds is 6. The summed E-state index contributed by atoms with van der Waals surface area (Å²) in [6.07, 6.45) is 1.06. The summed E-state index contributed by atoms with van der Waals surface area (Å²) in [6, 6.07) is 0. The van der Waals surface area contributed by atoms with Crippen LogP contribution in [0.1, 0.15) is 24.0 Å². The molecule has 20 heavy (non-hydrogen) atoms. The van der Waals surface area contributed by atoms with Gasteiger partial charge in [-0.1, -0.05) is 6.92 Å². The summed E-state index contributed by atoms with van der Waals surface area (Å²) in [5.41, 5.74) is 1.15. The fourth-order valence-corrected chi connectivity index (χ4v) is 2.95. The highest BCUT2D eigenvalue weighted by atomic mass is 32.1. The van der Waals surface area contributed by atoms with Crippen LogP contribution in [0.25, 0.3) is 0 Å². The molecule has 1 N–H and O–H groups in total. The zero-order valence-electron chi connectivity index (χ0n) is 12.4. The lowest BCUT2D eigenvalue weighted by atomic mass is 10.3. The first-order valence-electron chi connectivity index (χ1n) is 7.31. The normalized spacial score (nSPS) is 16.6. The van der Waals surface area contributed by atoms with Crippen molar-refractivity contribution in [3.8, 4) is 0 Å². The Balaban J connectivity index is 1.70. The van der Waals surface area contributed by atoms with Gasteiger partial charge in [-0.3, -0.25) is 9.69 Å². The van der Waals surface area contributed by atoms with Crippen LogP contribution in [0, 0.1) is 6.92 Å². The lowest BCUT2D eigenvalue weighted by molar-refractivity contribution is -0.132. The molecule has 6 heteroatoms. The lowest BCUT2D eigenvalue weighted by Gasteiger charge is -2.34. The van der Waals surface area contributed by atoms with Crippen LogP contribution in [0.3, 0.4) is 0 Å². The number of carbonyl (C=O) groups is 1. The van der Waals surface area contributed by atoms with Gasteiger partial charge in [0.15, 0.2) is 0 Å². The van der Waals surface area contributed by atoms with Gasteiger partial charge in [0.1, 0.15) is 0 Å². The third-order valence-corrected chi connectivity index (χ3v) is 4.30. The molecule has 1 aromatic rings. The second-order valence-electron chi connectivity index (χ2n) is 5.19. The van der Waals surface area contributed by atoms with Gasteiger partial charge >= 0.3 is 0 Å². The topological polar surface area (TPSA) is 48.5 Å². The second-order valence-corrected chi connectivity index (χ2v) is 6.25. The summed E-state index contributed by atoms with van der Waals surface area (Å²) in [5, 5.41) is 6.42. The molecule has 1 amide bonds. The molecule has 2 rings (SSSR count). The van der Waals surface area contributed by atoms with Crippen molar-refractivity contribution in [1.29, 1.82) is 0 Å². The van der Waals surface area contributed by atoms with Crippen molar-refractivity contribution in [3.63, 3.8) is 0 Å². The van der Waals surface area contributed by atoms with Gasteiger partial charge in [-0.05, 0) is 19.9 Å². The molecule has 2 heterocycles. The van der Waals surface area contributed by atoms with Crippen LogP contribution in [0.2, 0.25) is 0 Å². The van der Waals surface area contributed by atoms with Gasteiger partial charge in [0.05, 0.1) is 17.2 Å². The van der Waals surface area contributed by atoms with Crippen molar-refractivity contribution in [2.75, 3.05) is 39.3 Å². The molecule has 112 valence electrons. The number of amides is 1. The van der Waals surface area contributed by atoms with Crippen LogP contribution in [0.4, 0.5) is 0 Å². The number of piperazine rings is 1. The van der Waals surface area contributed by atoms with Gasteiger partial charge in [0, 0.05) is 38.1 Å². The highest BCUT2D eigenvalue weighted by molar-refractivity contribution is 7.09. The first kappa shape index (κ1) is 15.4. The van der Waals surface area contributed by atoms with Gasteiger partial charge in [0.25, 0.3) is 0 Å². The molecule has 0 unspecified atom stereocenters. The van der Waals surface area contributed by atoms with Gasteiger partial charge in [-0.2, -0.15) is 0 Å². The number of aryl methyl sites for hydroxylation is 1. The summed E-state index contributed by atoms with van der Waals surface area (Å²) in [5.74, 6) is 0.225. The van der Waals surface area contributed by atoms with E-state index in [2.05, 4.69) is 27.5 Å². The molecule has 1 aliphatic rings. The van der Waals surface area contributed by atoms with Crippen molar-refractivity contribution in [1.82, 2.24) is 20.1 Å². The second kappa shape index (κ2) is 7.71. The number of nitrogens with one attached hydrogen (secondary N) is 1. The average molecular weight is 296 g/mol. The largest absolute Gasteiger partial charge is 0.339 e. The summed E-state index contributed by atoms with van der Waals surface area (Å²) >= 11 is 1.70. The first-order valence-corrected chi connectivity index (χ1v) is 8.19. The molecule has 1 fully saturated rings. The predicted octanol–water partition coefficient (Wildman–Crippen LogP) is 1.10. The lowest BCUT2D eigenvalue weighted by Crippen LogP contribution is -2.50. The van der Waals surface area contributed by atoms with Gasteiger partial charge in [-0.25, -0.2) is 4.98 Å². The Morgan fingerprint density at radius 3 is 2.75 bits per heavy atom. The van der Waals surface area contributed by atoms with E-state index in [-0.39, 0.29) is 5.91 Å². The smallest absolute Gasteiger partial charge is 0.236 e. The molecule has 5 nitrogen and oxygen atoms in total. The van der Waals surface area contributed by atoms with E-state index < -0.39 is 0 Å². The molecule has 0 radical (unpaired) electrons. The molecule has 0 spiro atoms. The number of aromatic nitrogens is 1. The highest BCUT2D eigenvalue weighted by Gasteiger charge is 2.21. The number of hydrogen-bond donors (Lipinski definition) is 1. The third-order valence-electron chi connectivity index (χ3n) is 3.48. The zero-order chi connectivity index (χ0) is 14.4. The van der Waals surface area contributed by atoms with Crippen LogP contribution in [0.15, 0.2) is 5.38 Å². The maximum Gasteiger partial charge on any atom is 0.236 e. The van der Waals surface area contributed by atoms with Crippen molar-refractivity contribution >= 4 is 17.2 Å². The summed E-state index contributed by atoms with van der Waals surface area (Å²) in [4.78, 5) is 20.8. The van der Waals surface area contributed by atoms with E-state index in [1.165, 1.54) is 0 Å². The number of nitrogens with zero attached hydrogens (tertiary/aromatic N) is 3. The fraction of sp³-hybridized carbons (Fsp3) is 0.714. The minimum atomic E-state index is 0.225. The molecule has 0 atom stereocenters.